The zero-order chi connectivity index (χ0) is 13.1. The van der Waals surface area contributed by atoms with Gasteiger partial charge in [-0.15, -0.1) is 23.2 Å². The van der Waals surface area contributed by atoms with Crippen molar-refractivity contribution in [3.63, 3.8) is 0 Å². The number of hydrogen-bond donors (Lipinski definition) is 4. The van der Waals surface area contributed by atoms with Gasteiger partial charge in [-0.1, -0.05) is 0 Å². The molecule has 1 atom stereocenters. The average molecular weight is 267 g/mol. The number of nitrogens with one attached hydrogen (secondary N) is 2. The molecule has 1 unspecified atom stereocenters. The molecular weight excluding hydrogens is 251 g/mol. The maximum absolute atomic E-state index is 7.36. The third kappa shape index (κ3) is 3.31. The molecule has 0 saturated heterocycles. The molecule has 6 N–H and O–H groups in total. The number of hydrogen-bond acceptors (Lipinski definition) is 4. The number of rotatable bonds is 5. The maximum atomic E-state index is 7.36. The highest BCUT2D eigenvalue weighted by molar-refractivity contribution is 6.46. The van der Waals surface area contributed by atoms with E-state index >= 15 is 0 Å². The van der Waals surface area contributed by atoms with Crippen molar-refractivity contribution >= 4 is 34.9 Å². The highest BCUT2D eigenvalue weighted by Crippen LogP contribution is 2.26. The van der Waals surface area contributed by atoms with E-state index in [9.17, 15) is 0 Å². The molecule has 0 aromatic rings. The molecule has 0 fully saturated rings. The lowest BCUT2D eigenvalue weighted by atomic mass is 10.0. The van der Waals surface area contributed by atoms with Gasteiger partial charge in [-0.05, 0) is 20.8 Å². The topological polar surface area (TPSA) is 124 Å². The Morgan fingerprint density at radius 1 is 1.06 bits per heavy atom. The number of azo groups is 1. The highest BCUT2D eigenvalue weighted by Gasteiger charge is 2.36. The van der Waals surface area contributed by atoms with Crippen LogP contribution in [-0.2, 0) is 0 Å². The van der Waals surface area contributed by atoms with Gasteiger partial charge in [-0.25, -0.2) is 0 Å². The van der Waals surface area contributed by atoms with Crippen LogP contribution in [0.3, 0.4) is 0 Å². The Morgan fingerprint density at radius 3 is 1.75 bits per heavy atom. The zero-order valence-electron chi connectivity index (χ0n) is 9.38. The van der Waals surface area contributed by atoms with Crippen LogP contribution in [0.15, 0.2) is 10.2 Å². The molecule has 8 heteroatoms. The van der Waals surface area contributed by atoms with Crippen LogP contribution < -0.4 is 11.5 Å². The van der Waals surface area contributed by atoms with Crippen molar-refractivity contribution in [2.24, 2.45) is 21.7 Å². The Balaban J connectivity index is 5.13. The summed E-state index contributed by atoms with van der Waals surface area (Å²) in [7, 11) is 0. The maximum Gasteiger partial charge on any atom is 0.165 e. The fourth-order valence-corrected chi connectivity index (χ4v) is 0.820. The molecule has 0 spiro atoms. The minimum absolute atomic E-state index is 0.150. The molecule has 0 aromatic heterocycles. The van der Waals surface area contributed by atoms with E-state index in [1.165, 1.54) is 6.92 Å². The van der Waals surface area contributed by atoms with Gasteiger partial charge in [0, 0.05) is 0 Å². The molecular formula is C8H16Cl2N6. The smallest absolute Gasteiger partial charge is 0.165 e. The first-order valence-corrected chi connectivity index (χ1v) is 5.32. The third-order valence-electron chi connectivity index (χ3n) is 2.14. The number of nitrogens with two attached hydrogens (primary N) is 2. The molecule has 92 valence electrons. The van der Waals surface area contributed by atoms with Crippen LogP contribution in [0.5, 0.6) is 0 Å². The van der Waals surface area contributed by atoms with Crippen LogP contribution in [0.4, 0.5) is 0 Å². The number of nitrogens with zero attached hydrogens (tertiary/aromatic N) is 2. The van der Waals surface area contributed by atoms with Crippen molar-refractivity contribution in [1.29, 1.82) is 10.8 Å². The molecule has 0 heterocycles. The van der Waals surface area contributed by atoms with Gasteiger partial charge in [0.1, 0.15) is 22.0 Å². The largest absolute Gasteiger partial charge is 0.386 e. The number of amidine groups is 2. The van der Waals surface area contributed by atoms with Crippen LogP contribution in [0.2, 0.25) is 0 Å². The Labute approximate surface area is 104 Å². The first-order chi connectivity index (χ1) is 7.04. The summed E-state index contributed by atoms with van der Waals surface area (Å²) in [6, 6.07) is 0. The van der Waals surface area contributed by atoms with Gasteiger partial charge < -0.3 is 11.5 Å². The highest BCUT2D eigenvalue weighted by atomic mass is 35.5. The molecule has 0 bridgehead atoms. The van der Waals surface area contributed by atoms with Crippen molar-refractivity contribution < 1.29 is 0 Å². The minimum atomic E-state index is -1.31. The van der Waals surface area contributed by atoms with E-state index in [1.807, 2.05) is 0 Å². The van der Waals surface area contributed by atoms with E-state index < -0.39 is 15.9 Å². The summed E-state index contributed by atoms with van der Waals surface area (Å²) in [4.78, 5) is -1.00. The zero-order valence-corrected chi connectivity index (χ0v) is 10.9. The van der Waals surface area contributed by atoms with Crippen molar-refractivity contribution in [3.05, 3.63) is 0 Å². The first kappa shape index (κ1) is 15.1. The predicted molar refractivity (Wildman–Crippen MR) is 66.7 cm³/mol. The van der Waals surface area contributed by atoms with Crippen LogP contribution >= 0.6 is 23.2 Å². The summed E-state index contributed by atoms with van der Waals surface area (Å²) < 4.78 is 0. The molecule has 0 aliphatic carbocycles. The summed E-state index contributed by atoms with van der Waals surface area (Å²) >= 11 is 11.4. The molecule has 0 aromatic carbocycles. The van der Waals surface area contributed by atoms with Crippen molar-refractivity contribution in [2.45, 2.75) is 36.7 Å². The van der Waals surface area contributed by atoms with Gasteiger partial charge in [0.05, 0.1) is 0 Å². The average Bonchev–Trinajstić information content (AvgIpc) is 2.13. The summed E-state index contributed by atoms with van der Waals surface area (Å²) in [5, 5.41) is 22.4. The van der Waals surface area contributed by atoms with Gasteiger partial charge in [-0.2, -0.15) is 10.2 Å². The molecule has 6 nitrogen and oxygen atoms in total. The molecule has 0 rings (SSSR count). The molecule has 0 saturated carbocycles. The fourth-order valence-electron chi connectivity index (χ4n) is 0.498. The second kappa shape index (κ2) is 4.97. The second-order valence-corrected chi connectivity index (χ2v) is 5.13. The first-order valence-electron chi connectivity index (χ1n) is 4.45. The van der Waals surface area contributed by atoms with E-state index in [-0.39, 0.29) is 11.7 Å². The predicted octanol–water partition coefficient (Wildman–Crippen LogP) is 1.65. The normalized spacial score (nSPS) is 16.4. The van der Waals surface area contributed by atoms with E-state index in [0.29, 0.717) is 0 Å². The second-order valence-electron chi connectivity index (χ2n) is 4.03. The lowest BCUT2D eigenvalue weighted by Gasteiger charge is -2.25. The monoisotopic (exact) mass is 266 g/mol. The van der Waals surface area contributed by atoms with Crippen LogP contribution in [0, 0.1) is 10.8 Å². The van der Waals surface area contributed by atoms with Crippen molar-refractivity contribution in [2.75, 3.05) is 0 Å². The number of alkyl halides is 2. The van der Waals surface area contributed by atoms with E-state index in [1.54, 1.807) is 13.8 Å². The summed E-state index contributed by atoms with van der Waals surface area (Å²) in [5.41, 5.74) is 8.40. The summed E-state index contributed by atoms with van der Waals surface area (Å²) in [6.07, 6.45) is 0. The molecule has 0 aliphatic heterocycles. The molecule has 16 heavy (non-hydrogen) atoms. The Morgan fingerprint density at radius 2 is 1.50 bits per heavy atom. The van der Waals surface area contributed by atoms with Gasteiger partial charge in [0.25, 0.3) is 0 Å². The number of halogens is 2. The van der Waals surface area contributed by atoms with Crippen LogP contribution in [0.1, 0.15) is 20.8 Å². The summed E-state index contributed by atoms with van der Waals surface area (Å²) in [5.74, 6) is -0.451. The Hall–Kier alpha value is -0.880. The quantitative estimate of drug-likeness (QED) is 0.262. The molecule has 0 amide bonds. The van der Waals surface area contributed by atoms with Crippen molar-refractivity contribution in [1.82, 2.24) is 0 Å². The Kier molecular flexibility index (Phi) is 4.69. The fraction of sp³-hybridized carbons (Fsp3) is 0.750. The SMILES string of the molecule is CC(C)(N=NC(C)(C(=N)N)C(Cl)Cl)C(=N)N. The van der Waals surface area contributed by atoms with E-state index in [2.05, 4.69) is 10.2 Å². The lowest BCUT2D eigenvalue weighted by molar-refractivity contribution is 0.548. The van der Waals surface area contributed by atoms with Gasteiger partial charge in [0.2, 0.25) is 0 Å². The third-order valence-corrected chi connectivity index (χ3v) is 2.99. The lowest BCUT2D eigenvalue weighted by Crippen LogP contribution is -2.45. The Bertz CT molecular complexity index is 324. The van der Waals surface area contributed by atoms with E-state index in [0.717, 1.165) is 0 Å². The van der Waals surface area contributed by atoms with Crippen LogP contribution in [-0.4, -0.2) is 27.6 Å². The molecule has 0 aliphatic rings. The van der Waals surface area contributed by atoms with Crippen molar-refractivity contribution in [3.8, 4) is 0 Å². The standard InChI is InChI=1S/C8H16Cl2N6/c1-7(2,5(11)12)15-16-8(3,4(9)10)6(13)14/h4H,1-3H3,(H3,11,12)(H3,13,14). The van der Waals surface area contributed by atoms with Gasteiger partial charge >= 0.3 is 0 Å². The van der Waals surface area contributed by atoms with E-state index in [4.69, 9.17) is 45.5 Å². The minimum Gasteiger partial charge on any atom is -0.386 e. The summed E-state index contributed by atoms with van der Waals surface area (Å²) in [6.45, 7) is 4.70. The molecule has 0 radical (unpaired) electrons. The van der Waals surface area contributed by atoms with Crippen LogP contribution in [0.25, 0.3) is 0 Å². The van der Waals surface area contributed by atoms with Gasteiger partial charge in [-0.3, -0.25) is 10.8 Å². The van der Waals surface area contributed by atoms with Gasteiger partial charge in [0.15, 0.2) is 5.54 Å².